The predicted molar refractivity (Wildman–Crippen MR) is 121 cm³/mol. The Bertz CT molecular complexity index is 1260. The van der Waals surface area contributed by atoms with Crippen LogP contribution in [0, 0.1) is 0 Å². The molecule has 162 valence electrons. The van der Waals surface area contributed by atoms with E-state index in [4.69, 9.17) is 23.2 Å². The first-order valence-electron chi connectivity index (χ1n) is 9.15. The molecule has 0 saturated heterocycles. The minimum Gasteiger partial charge on any atom is -0.480 e. The van der Waals surface area contributed by atoms with E-state index in [0.29, 0.717) is 21.6 Å². The number of hydrogen-bond donors (Lipinski definition) is 2. The average Bonchev–Trinajstić information content (AvgIpc) is 2.70. The van der Waals surface area contributed by atoms with Gasteiger partial charge in [0.1, 0.15) is 6.54 Å². The monoisotopic (exact) mass is 480 g/mol. The number of carbonyl (C=O) groups excluding carboxylic acids is 1. The van der Waals surface area contributed by atoms with E-state index in [1.54, 1.807) is 37.3 Å². The maximum atomic E-state index is 13.5. The van der Waals surface area contributed by atoms with Gasteiger partial charge in [-0.05, 0) is 42.0 Å². The van der Waals surface area contributed by atoms with Gasteiger partial charge in [0, 0.05) is 16.6 Å². The number of fused-ring (bicyclic) bond motifs is 1. The molecule has 2 N–H and O–H groups in total. The average molecular weight is 481 g/mol. The number of halogens is 2. The fourth-order valence-electron chi connectivity index (χ4n) is 3.18. The number of carboxylic acid groups (broad SMARTS) is 1. The number of aliphatic carboxylic acids is 1. The zero-order valence-electron chi connectivity index (χ0n) is 16.3. The van der Waals surface area contributed by atoms with Crippen LogP contribution in [0.1, 0.15) is 17.3 Å². The lowest BCUT2D eigenvalue weighted by Crippen LogP contribution is -2.37. The van der Waals surface area contributed by atoms with Crippen LogP contribution < -0.4 is 9.62 Å². The second-order valence-corrected chi connectivity index (χ2v) is 9.29. The van der Waals surface area contributed by atoms with Gasteiger partial charge in [0.2, 0.25) is 0 Å². The summed E-state index contributed by atoms with van der Waals surface area (Å²) in [7, 11) is -4.43. The summed E-state index contributed by atoms with van der Waals surface area (Å²) in [6.07, 6.45) is 0. The Morgan fingerprint density at radius 3 is 2.29 bits per heavy atom. The molecule has 3 rings (SSSR count). The lowest BCUT2D eigenvalue weighted by atomic mass is 10.0. The molecule has 0 aliphatic heterocycles. The molecule has 0 saturated carbocycles. The normalized spacial score (nSPS) is 11.3. The van der Waals surface area contributed by atoms with Gasteiger partial charge in [-0.3, -0.25) is 13.9 Å². The van der Waals surface area contributed by atoms with Gasteiger partial charge in [-0.1, -0.05) is 53.5 Å². The van der Waals surface area contributed by atoms with E-state index in [2.05, 4.69) is 5.32 Å². The molecule has 3 aromatic carbocycles. The van der Waals surface area contributed by atoms with Crippen molar-refractivity contribution in [2.45, 2.75) is 11.8 Å². The Labute approximate surface area is 189 Å². The molecule has 0 fully saturated rings. The van der Waals surface area contributed by atoms with Gasteiger partial charge >= 0.3 is 5.97 Å². The Balaban J connectivity index is 2.32. The highest BCUT2D eigenvalue weighted by atomic mass is 35.5. The number of hydrogen-bond acceptors (Lipinski definition) is 4. The minimum absolute atomic E-state index is 0.0536. The number of carboxylic acids is 1. The molecule has 1 amide bonds. The van der Waals surface area contributed by atoms with Crippen LogP contribution in [-0.2, 0) is 14.8 Å². The number of benzene rings is 3. The van der Waals surface area contributed by atoms with Gasteiger partial charge in [0.05, 0.1) is 16.1 Å². The zero-order chi connectivity index (χ0) is 22.8. The first-order valence-corrected chi connectivity index (χ1v) is 11.3. The van der Waals surface area contributed by atoms with E-state index in [1.807, 2.05) is 0 Å². The number of sulfonamides is 1. The van der Waals surface area contributed by atoms with E-state index in [0.717, 1.165) is 0 Å². The van der Waals surface area contributed by atoms with Crippen LogP contribution in [-0.4, -0.2) is 38.5 Å². The van der Waals surface area contributed by atoms with Crippen molar-refractivity contribution in [1.82, 2.24) is 5.32 Å². The minimum atomic E-state index is -4.43. The van der Waals surface area contributed by atoms with Crippen molar-refractivity contribution in [3.63, 3.8) is 0 Å². The number of nitrogens with zero attached hydrogens (tertiary/aromatic N) is 1. The molecule has 31 heavy (non-hydrogen) atoms. The quantitative estimate of drug-likeness (QED) is 0.527. The Kier molecular flexibility index (Phi) is 6.74. The van der Waals surface area contributed by atoms with E-state index >= 15 is 0 Å². The van der Waals surface area contributed by atoms with Crippen molar-refractivity contribution in [2.24, 2.45) is 0 Å². The molecule has 0 radical (unpaired) electrons. The van der Waals surface area contributed by atoms with Gasteiger partial charge in [-0.25, -0.2) is 8.42 Å². The summed E-state index contributed by atoms with van der Waals surface area (Å²) in [4.78, 5) is 24.2. The van der Waals surface area contributed by atoms with Crippen molar-refractivity contribution in [2.75, 3.05) is 17.4 Å². The van der Waals surface area contributed by atoms with Crippen LogP contribution in [0.2, 0.25) is 10.0 Å². The lowest BCUT2D eigenvalue weighted by molar-refractivity contribution is -0.135. The van der Waals surface area contributed by atoms with Crippen LogP contribution in [0.25, 0.3) is 10.8 Å². The molecular weight excluding hydrogens is 463 g/mol. The summed E-state index contributed by atoms with van der Waals surface area (Å²) in [5.74, 6) is -1.92. The first-order chi connectivity index (χ1) is 14.6. The highest BCUT2D eigenvalue weighted by Gasteiger charge is 2.31. The van der Waals surface area contributed by atoms with Crippen molar-refractivity contribution in [3.8, 4) is 0 Å². The number of amides is 1. The number of carbonyl (C=O) groups is 2. The maximum absolute atomic E-state index is 13.5. The lowest BCUT2D eigenvalue weighted by Gasteiger charge is -2.26. The fraction of sp³-hybridized carbons (Fsp3) is 0.143. The van der Waals surface area contributed by atoms with Gasteiger partial charge in [0.25, 0.3) is 15.9 Å². The fourth-order valence-corrected chi connectivity index (χ4v) is 5.34. The van der Waals surface area contributed by atoms with Crippen LogP contribution >= 0.6 is 23.2 Å². The van der Waals surface area contributed by atoms with Crippen molar-refractivity contribution >= 4 is 61.6 Å². The number of rotatable bonds is 7. The Morgan fingerprint density at radius 2 is 1.68 bits per heavy atom. The highest BCUT2D eigenvalue weighted by Crippen LogP contribution is 2.34. The van der Waals surface area contributed by atoms with E-state index < -0.39 is 28.4 Å². The molecule has 10 heteroatoms. The first kappa shape index (κ1) is 22.9. The summed E-state index contributed by atoms with van der Waals surface area (Å²) in [5.41, 5.74) is -0.0129. The molecule has 0 atom stereocenters. The van der Waals surface area contributed by atoms with Crippen LogP contribution in [0.3, 0.4) is 0 Å². The van der Waals surface area contributed by atoms with Crippen LogP contribution in [0.15, 0.2) is 59.5 Å². The predicted octanol–water partition coefficient (Wildman–Crippen LogP) is 4.18. The van der Waals surface area contributed by atoms with Gasteiger partial charge in [0.15, 0.2) is 0 Å². The van der Waals surface area contributed by atoms with Crippen molar-refractivity contribution < 1.29 is 23.1 Å². The molecular formula is C21H18Cl2N2O5S. The second-order valence-electron chi connectivity index (χ2n) is 6.55. The van der Waals surface area contributed by atoms with Crippen molar-refractivity contribution in [1.29, 1.82) is 0 Å². The van der Waals surface area contributed by atoms with E-state index in [9.17, 15) is 23.1 Å². The summed E-state index contributed by atoms with van der Waals surface area (Å²) in [5, 5.41) is 13.4. The Hall–Kier alpha value is -2.81. The van der Waals surface area contributed by atoms with Crippen LogP contribution in [0.4, 0.5) is 5.69 Å². The number of nitrogens with one attached hydrogen (secondary N) is 1. The summed E-state index contributed by atoms with van der Waals surface area (Å²) in [6.45, 7) is 1.12. The number of anilines is 1. The SMILES string of the molecule is CCNC(=O)c1c(N(CC(=O)O)S(=O)(=O)c2cc(Cl)cc(Cl)c2)ccc2ccccc12. The largest absolute Gasteiger partial charge is 0.480 e. The van der Waals surface area contributed by atoms with E-state index in [-0.39, 0.29) is 26.2 Å². The third kappa shape index (κ3) is 4.76. The van der Waals surface area contributed by atoms with Crippen LogP contribution in [0.5, 0.6) is 0 Å². The second kappa shape index (κ2) is 9.13. The van der Waals surface area contributed by atoms with Crippen molar-refractivity contribution in [3.05, 3.63) is 70.2 Å². The van der Waals surface area contributed by atoms with Gasteiger partial charge < -0.3 is 10.4 Å². The maximum Gasteiger partial charge on any atom is 0.324 e. The molecule has 0 bridgehead atoms. The molecule has 3 aromatic rings. The topological polar surface area (TPSA) is 104 Å². The smallest absolute Gasteiger partial charge is 0.324 e. The summed E-state index contributed by atoms with van der Waals surface area (Å²) < 4.78 is 27.6. The molecule has 0 heterocycles. The zero-order valence-corrected chi connectivity index (χ0v) is 18.6. The third-order valence-electron chi connectivity index (χ3n) is 4.44. The summed E-state index contributed by atoms with van der Waals surface area (Å²) >= 11 is 11.9. The molecule has 0 unspecified atom stereocenters. The molecule has 0 aliphatic carbocycles. The molecule has 7 nitrogen and oxygen atoms in total. The standard InChI is InChI=1S/C21H18Cl2N2O5S/c1-2-24-21(28)20-17-6-4-3-5-13(17)7-8-18(20)25(12-19(26)27)31(29,30)16-10-14(22)9-15(23)11-16/h3-11H,2,12H2,1H3,(H,24,28)(H,26,27). The Morgan fingerprint density at radius 1 is 1.03 bits per heavy atom. The third-order valence-corrected chi connectivity index (χ3v) is 6.62. The van der Waals surface area contributed by atoms with E-state index in [1.165, 1.54) is 24.3 Å². The molecule has 0 spiro atoms. The molecule has 0 aliphatic rings. The van der Waals surface area contributed by atoms with Gasteiger partial charge in [-0.2, -0.15) is 0 Å². The molecule has 0 aromatic heterocycles. The highest BCUT2D eigenvalue weighted by molar-refractivity contribution is 7.92. The van der Waals surface area contributed by atoms with Gasteiger partial charge in [-0.15, -0.1) is 0 Å². The summed E-state index contributed by atoms with van der Waals surface area (Å²) in [6, 6.07) is 13.7.